The molecule has 1 aliphatic heterocycles. The van der Waals surface area contributed by atoms with E-state index in [2.05, 4.69) is 25.3 Å². The third-order valence-electron chi connectivity index (χ3n) is 5.86. The maximum atomic E-state index is 14.6. The van der Waals surface area contributed by atoms with Gasteiger partial charge in [0, 0.05) is 19.2 Å². The van der Waals surface area contributed by atoms with Crippen LogP contribution in [0.4, 0.5) is 27.8 Å². The second-order valence-corrected chi connectivity index (χ2v) is 10.0. The van der Waals surface area contributed by atoms with Gasteiger partial charge in [0.15, 0.2) is 5.69 Å². The van der Waals surface area contributed by atoms with Crippen LogP contribution in [0.3, 0.4) is 0 Å². The quantitative estimate of drug-likeness (QED) is 0.459. The Hall–Kier alpha value is -3.22. The maximum Gasteiger partial charge on any atom is 0.434 e. The number of likely N-dealkylation sites (tertiary alicyclic amines) is 1. The topological polar surface area (TPSA) is 83.9 Å². The molecule has 3 aromatic rings. The van der Waals surface area contributed by atoms with Gasteiger partial charge < -0.3 is 10.2 Å². The molecule has 2 atom stereocenters. The summed E-state index contributed by atoms with van der Waals surface area (Å²) in [5, 5.41) is 3.42. The van der Waals surface area contributed by atoms with E-state index in [1.54, 1.807) is 32.2 Å². The van der Waals surface area contributed by atoms with Crippen molar-refractivity contribution in [3.05, 3.63) is 52.7 Å². The van der Waals surface area contributed by atoms with Gasteiger partial charge in [0.2, 0.25) is 0 Å². The Kier molecular flexibility index (Phi) is 6.95. The minimum absolute atomic E-state index is 0.00974. The monoisotopic (exact) mass is 526 g/mol. The number of nitrogens with one attached hydrogen (secondary N) is 1. The molecule has 0 aliphatic carbocycles. The molecular formula is C23H23F5N6OS. The van der Waals surface area contributed by atoms with Gasteiger partial charge in [0.25, 0.3) is 11.8 Å². The molecule has 4 rings (SSSR count). The molecular weight excluding hydrogens is 503 g/mol. The lowest BCUT2D eigenvalue weighted by Gasteiger charge is -2.43. The number of carbonyl (C=O) groups excluding carboxylic acids is 1. The van der Waals surface area contributed by atoms with E-state index in [1.807, 2.05) is 6.92 Å². The predicted octanol–water partition coefficient (Wildman–Crippen LogP) is 5.23. The Morgan fingerprint density at radius 3 is 2.61 bits per heavy atom. The molecule has 1 N–H and O–H groups in total. The van der Waals surface area contributed by atoms with Crippen LogP contribution in [0.5, 0.6) is 0 Å². The fraction of sp³-hybridized carbons (Fsp3) is 0.435. The number of alkyl halides is 5. The van der Waals surface area contributed by atoms with Gasteiger partial charge in [0.1, 0.15) is 11.5 Å². The zero-order chi connectivity index (χ0) is 26.3. The molecule has 0 saturated carbocycles. The van der Waals surface area contributed by atoms with E-state index in [9.17, 15) is 26.7 Å². The zero-order valence-electron chi connectivity index (χ0n) is 19.6. The van der Waals surface area contributed by atoms with Crippen LogP contribution in [0.1, 0.15) is 40.1 Å². The number of hydrogen-bond donors (Lipinski definition) is 1. The van der Waals surface area contributed by atoms with E-state index in [0.29, 0.717) is 21.8 Å². The third kappa shape index (κ3) is 5.61. The first-order valence-corrected chi connectivity index (χ1v) is 11.9. The Morgan fingerprint density at radius 1 is 1.22 bits per heavy atom. The summed E-state index contributed by atoms with van der Waals surface area (Å²) in [6.07, 6.45) is -1.97. The highest BCUT2D eigenvalue weighted by Crippen LogP contribution is 2.37. The van der Waals surface area contributed by atoms with Crippen LogP contribution < -0.4 is 5.32 Å². The van der Waals surface area contributed by atoms with Crippen LogP contribution >= 0.6 is 11.3 Å². The number of amides is 1. The summed E-state index contributed by atoms with van der Waals surface area (Å²) in [6.45, 7) is 4.38. The molecule has 1 unspecified atom stereocenters. The molecule has 36 heavy (non-hydrogen) atoms. The van der Waals surface area contributed by atoms with Gasteiger partial charge >= 0.3 is 6.18 Å². The number of aromatic nitrogens is 4. The molecule has 0 radical (unpaired) electrons. The van der Waals surface area contributed by atoms with Crippen molar-refractivity contribution in [2.45, 2.75) is 45.3 Å². The number of halogens is 5. The van der Waals surface area contributed by atoms with Crippen LogP contribution in [-0.4, -0.2) is 55.8 Å². The van der Waals surface area contributed by atoms with Crippen molar-refractivity contribution in [2.24, 2.45) is 5.92 Å². The fourth-order valence-corrected chi connectivity index (χ4v) is 5.07. The highest BCUT2D eigenvalue weighted by Gasteiger charge is 2.47. The van der Waals surface area contributed by atoms with Crippen molar-refractivity contribution < 1.29 is 26.7 Å². The predicted molar refractivity (Wildman–Crippen MR) is 124 cm³/mol. The Labute approximate surface area is 207 Å². The fourth-order valence-electron chi connectivity index (χ4n) is 4.20. The number of carbonyl (C=O) groups is 1. The van der Waals surface area contributed by atoms with Crippen molar-refractivity contribution in [3.8, 4) is 10.6 Å². The van der Waals surface area contributed by atoms with Gasteiger partial charge in [-0.3, -0.25) is 9.78 Å². The average Bonchev–Trinajstić information content (AvgIpc) is 3.18. The van der Waals surface area contributed by atoms with Crippen LogP contribution in [0, 0.1) is 19.8 Å². The van der Waals surface area contributed by atoms with E-state index >= 15 is 0 Å². The van der Waals surface area contributed by atoms with Crippen molar-refractivity contribution in [2.75, 3.05) is 18.4 Å². The molecule has 13 heteroatoms. The summed E-state index contributed by atoms with van der Waals surface area (Å²) in [7, 11) is 0. The van der Waals surface area contributed by atoms with Gasteiger partial charge in [-0.05, 0) is 37.5 Å². The first-order chi connectivity index (χ1) is 16.8. The number of aryl methyl sites for hydroxylation is 2. The van der Waals surface area contributed by atoms with Crippen molar-refractivity contribution in [3.63, 3.8) is 0 Å². The lowest BCUT2D eigenvalue weighted by atomic mass is 9.88. The summed E-state index contributed by atoms with van der Waals surface area (Å²) in [6, 6.07) is 2.90. The second kappa shape index (κ2) is 9.68. The number of nitrogens with zero attached hydrogens (tertiary/aromatic N) is 5. The number of piperidine rings is 1. The van der Waals surface area contributed by atoms with E-state index in [1.165, 1.54) is 11.3 Å². The molecule has 3 aromatic heterocycles. The normalized spacial score (nSPS) is 19.8. The molecule has 1 saturated heterocycles. The Bertz CT molecular complexity index is 1250. The van der Waals surface area contributed by atoms with Gasteiger partial charge in [-0.2, -0.15) is 13.2 Å². The lowest BCUT2D eigenvalue weighted by Crippen LogP contribution is -2.57. The minimum atomic E-state index is -4.63. The third-order valence-corrected chi connectivity index (χ3v) is 6.85. The van der Waals surface area contributed by atoms with Crippen LogP contribution in [0.15, 0.2) is 30.7 Å². The molecule has 0 aromatic carbocycles. The van der Waals surface area contributed by atoms with Crippen LogP contribution in [0.25, 0.3) is 10.6 Å². The van der Waals surface area contributed by atoms with E-state index in [4.69, 9.17) is 0 Å². The van der Waals surface area contributed by atoms with Crippen LogP contribution in [0.2, 0.25) is 0 Å². The van der Waals surface area contributed by atoms with Crippen LogP contribution in [-0.2, 0) is 6.18 Å². The number of hydrogen-bond acceptors (Lipinski definition) is 7. The van der Waals surface area contributed by atoms with E-state index in [0.717, 1.165) is 16.7 Å². The highest BCUT2D eigenvalue weighted by molar-refractivity contribution is 7.15. The molecule has 7 nitrogen and oxygen atoms in total. The molecule has 1 fully saturated rings. The SMILES string of the molecule is Cc1ccnc(-c2sc(C)nc2C(=O)N2CC(F)(F)C[C@@H](C)C2CNc2cnc(C(F)(F)F)cn2)c1. The number of thiazole rings is 1. The minimum Gasteiger partial charge on any atom is -0.367 e. The summed E-state index contributed by atoms with van der Waals surface area (Å²) in [4.78, 5) is 30.9. The van der Waals surface area contributed by atoms with Gasteiger partial charge in [0.05, 0.1) is 40.6 Å². The Balaban J connectivity index is 1.61. The molecule has 0 spiro atoms. The summed E-state index contributed by atoms with van der Waals surface area (Å²) in [5.41, 5.74) is 0.337. The highest BCUT2D eigenvalue weighted by atomic mass is 32.1. The average molecular weight is 527 g/mol. The van der Waals surface area contributed by atoms with E-state index in [-0.39, 0.29) is 18.1 Å². The number of pyridine rings is 1. The van der Waals surface area contributed by atoms with Crippen molar-refractivity contribution in [1.29, 1.82) is 0 Å². The first kappa shape index (κ1) is 25.9. The van der Waals surface area contributed by atoms with Gasteiger partial charge in [-0.15, -0.1) is 11.3 Å². The molecule has 0 bridgehead atoms. The maximum absolute atomic E-state index is 14.6. The molecule has 1 aliphatic rings. The van der Waals surface area contributed by atoms with Gasteiger partial charge in [-0.1, -0.05) is 6.92 Å². The molecule has 1 amide bonds. The van der Waals surface area contributed by atoms with Crippen molar-refractivity contribution in [1.82, 2.24) is 24.8 Å². The summed E-state index contributed by atoms with van der Waals surface area (Å²) in [5.74, 6) is -4.34. The second-order valence-electron chi connectivity index (χ2n) is 8.83. The smallest absolute Gasteiger partial charge is 0.367 e. The zero-order valence-corrected chi connectivity index (χ0v) is 20.4. The Morgan fingerprint density at radius 2 is 1.97 bits per heavy atom. The largest absolute Gasteiger partial charge is 0.434 e. The van der Waals surface area contributed by atoms with E-state index < -0.39 is 48.6 Å². The van der Waals surface area contributed by atoms with Gasteiger partial charge in [-0.25, -0.2) is 23.7 Å². The summed E-state index contributed by atoms with van der Waals surface area (Å²) < 4.78 is 67.4. The summed E-state index contributed by atoms with van der Waals surface area (Å²) >= 11 is 1.25. The molecule has 4 heterocycles. The standard InChI is InChI=1S/C23H23F5N6OS/c1-12-4-5-29-15(6-12)20-19(33-14(3)36-20)21(35)34-11-22(24,25)7-13(2)16(34)8-31-18-10-30-17(9-32-18)23(26,27)28/h4-6,9-10,13,16H,7-8,11H2,1-3H3,(H,31,32)/t13-,16?/m1/s1. The lowest BCUT2D eigenvalue weighted by molar-refractivity contribution is -0.141. The first-order valence-electron chi connectivity index (χ1n) is 11.1. The molecule has 192 valence electrons. The van der Waals surface area contributed by atoms with Crippen molar-refractivity contribution >= 4 is 23.1 Å². The number of rotatable bonds is 5. The number of anilines is 1.